The number of benzene rings is 2. The highest BCUT2D eigenvalue weighted by Gasteiger charge is 2.33. The summed E-state index contributed by atoms with van der Waals surface area (Å²) in [7, 11) is -1.50. The van der Waals surface area contributed by atoms with Crippen LogP contribution >= 0.6 is 0 Å². The lowest BCUT2D eigenvalue weighted by Gasteiger charge is -2.13. The van der Waals surface area contributed by atoms with E-state index in [1.165, 1.54) is 59.6 Å². The Morgan fingerprint density at radius 3 is 2.17 bits per heavy atom. The van der Waals surface area contributed by atoms with Crippen molar-refractivity contribution in [1.82, 2.24) is 0 Å². The maximum Gasteiger partial charge on any atom is 0.269 e. The van der Waals surface area contributed by atoms with Gasteiger partial charge in [0.05, 0.1) is 10.8 Å². The van der Waals surface area contributed by atoms with Gasteiger partial charge < -0.3 is 5.32 Å². The molecule has 7 heteroatoms. The highest BCUT2D eigenvalue weighted by atomic mass is 32.2. The number of hydrogen-bond donors (Lipinski definition) is 1. The number of carbonyl (C=O) groups excluding carboxylic acids is 1. The summed E-state index contributed by atoms with van der Waals surface area (Å²) in [5, 5.41) is 2.83. The van der Waals surface area contributed by atoms with E-state index in [2.05, 4.69) is 5.32 Å². The summed E-state index contributed by atoms with van der Waals surface area (Å²) < 4.78 is 37.9. The molecular formula is C16H12F2N2O2S. The second-order valence-electron chi connectivity index (χ2n) is 4.84. The third-order valence-electron chi connectivity index (χ3n) is 3.30. The molecule has 0 radical (unpaired) electrons. The van der Waals surface area contributed by atoms with Crippen LogP contribution in [-0.4, -0.2) is 16.0 Å². The Morgan fingerprint density at radius 2 is 1.57 bits per heavy atom. The van der Waals surface area contributed by atoms with Crippen LogP contribution in [0, 0.1) is 11.6 Å². The zero-order valence-corrected chi connectivity index (χ0v) is 12.6. The fourth-order valence-electron chi connectivity index (χ4n) is 2.11. The van der Waals surface area contributed by atoms with Crippen molar-refractivity contribution in [3.63, 3.8) is 0 Å². The van der Waals surface area contributed by atoms with Crippen molar-refractivity contribution in [3.05, 3.63) is 71.3 Å². The van der Waals surface area contributed by atoms with E-state index in [9.17, 15) is 17.8 Å². The molecule has 2 aromatic rings. The van der Waals surface area contributed by atoms with Crippen LogP contribution in [0.15, 0.2) is 59.6 Å². The predicted octanol–water partition coefficient (Wildman–Crippen LogP) is 2.97. The molecule has 1 unspecified atom stereocenters. The molecule has 1 heterocycles. The van der Waals surface area contributed by atoms with Crippen molar-refractivity contribution in [1.29, 1.82) is 0 Å². The lowest BCUT2D eigenvalue weighted by atomic mass is 10.3. The molecule has 3 rings (SSSR count). The predicted molar refractivity (Wildman–Crippen MR) is 85.0 cm³/mol. The number of anilines is 2. The molecule has 0 aromatic heterocycles. The molecule has 118 valence electrons. The van der Waals surface area contributed by atoms with Crippen molar-refractivity contribution in [3.8, 4) is 0 Å². The van der Waals surface area contributed by atoms with Crippen LogP contribution in [0.4, 0.5) is 20.2 Å². The molecule has 0 spiro atoms. The molecule has 1 atom stereocenters. The van der Waals surface area contributed by atoms with Crippen LogP contribution in [0.3, 0.4) is 0 Å². The van der Waals surface area contributed by atoms with Gasteiger partial charge in [-0.25, -0.2) is 8.78 Å². The summed E-state index contributed by atoms with van der Waals surface area (Å²) in [6.45, 7) is 0. The van der Waals surface area contributed by atoms with Crippen molar-refractivity contribution >= 4 is 28.1 Å². The fraction of sp³-hybridized carbons (Fsp3) is 0.0625. The van der Waals surface area contributed by atoms with Crippen molar-refractivity contribution in [2.75, 3.05) is 16.1 Å². The van der Waals surface area contributed by atoms with Gasteiger partial charge in [0.25, 0.3) is 5.91 Å². The van der Waals surface area contributed by atoms with E-state index in [1.807, 2.05) is 0 Å². The van der Waals surface area contributed by atoms with Gasteiger partial charge in [0.1, 0.15) is 22.4 Å². The molecular weight excluding hydrogens is 322 g/mol. The van der Waals surface area contributed by atoms with Crippen LogP contribution in [-0.2, 0) is 15.6 Å². The average Bonchev–Trinajstić information content (AvgIpc) is 2.82. The number of carbonyl (C=O) groups is 1. The molecule has 1 N–H and O–H groups in total. The van der Waals surface area contributed by atoms with Crippen LogP contribution in [0.2, 0.25) is 0 Å². The largest absolute Gasteiger partial charge is 0.360 e. The zero-order chi connectivity index (χ0) is 16.4. The first kappa shape index (κ1) is 15.4. The first-order valence-corrected chi connectivity index (χ1v) is 8.04. The van der Waals surface area contributed by atoms with Crippen molar-refractivity contribution in [2.45, 2.75) is 0 Å². The SMILES string of the molecule is O=C1/C(=C/Nc2ccc(F)cc2)S(=O)CN1c1ccc(F)cc1. The van der Waals surface area contributed by atoms with E-state index in [0.29, 0.717) is 11.4 Å². The lowest BCUT2D eigenvalue weighted by molar-refractivity contribution is -0.114. The highest BCUT2D eigenvalue weighted by Crippen LogP contribution is 2.25. The number of hydrogen-bond acceptors (Lipinski definition) is 3. The quantitative estimate of drug-likeness (QED) is 0.878. The number of nitrogens with zero attached hydrogens (tertiary/aromatic N) is 1. The molecule has 4 nitrogen and oxygen atoms in total. The van der Waals surface area contributed by atoms with Crippen molar-refractivity contribution < 1.29 is 17.8 Å². The first-order valence-electron chi connectivity index (χ1n) is 6.73. The molecule has 1 saturated heterocycles. The second kappa shape index (κ2) is 6.29. The van der Waals surface area contributed by atoms with Gasteiger partial charge in [0.15, 0.2) is 0 Å². The Bertz CT molecular complexity index is 789. The molecule has 1 aliphatic rings. The standard InChI is InChI=1S/C16H12F2N2O2S/c17-11-1-5-13(6-2-11)19-9-15-16(21)20(10-23(15)22)14-7-3-12(18)4-8-14/h1-9,19H,10H2/b15-9-. The fourth-order valence-corrected chi connectivity index (χ4v) is 3.25. The van der Waals surface area contributed by atoms with Gasteiger partial charge in [0.2, 0.25) is 0 Å². The van der Waals surface area contributed by atoms with E-state index in [0.717, 1.165) is 0 Å². The molecule has 1 fully saturated rings. The maximum absolute atomic E-state index is 12.9. The van der Waals surface area contributed by atoms with E-state index in [-0.39, 0.29) is 16.6 Å². The van der Waals surface area contributed by atoms with Crippen LogP contribution in [0.5, 0.6) is 0 Å². The van der Waals surface area contributed by atoms with E-state index in [1.54, 1.807) is 0 Å². The van der Waals surface area contributed by atoms with Gasteiger partial charge in [0, 0.05) is 17.6 Å². The summed E-state index contributed by atoms with van der Waals surface area (Å²) in [5.41, 5.74) is 1.05. The van der Waals surface area contributed by atoms with Gasteiger partial charge in [-0.15, -0.1) is 0 Å². The first-order chi connectivity index (χ1) is 11.0. The normalized spacial score (nSPS) is 19.4. The summed E-state index contributed by atoms with van der Waals surface area (Å²) in [4.78, 5) is 13.8. The molecule has 0 aliphatic carbocycles. The van der Waals surface area contributed by atoms with Gasteiger partial charge in [-0.05, 0) is 48.5 Å². The molecule has 23 heavy (non-hydrogen) atoms. The number of amides is 1. The number of nitrogens with one attached hydrogen (secondary N) is 1. The Hall–Kier alpha value is -2.54. The Labute approximate surface area is 133 Å². The number of halogens is 2. The minimum absolute atomic E-state index is 0.0153. The Kier molecular flexibility index (Phi) is 4.20. The van der Waals surface area contributed by atoms with Crippen LogP contribution in [0.1, 0.15) is 0 Å². The van der Waals surface area contributed by atoms with Crippen LogP contribution in [0.25, 0.3) is 0 Å². The monoisotopic (exact) mass is 334 g/mol. The summed E-state index contributed by atoms with van der Waals surface area (Å²) in [6, 6.07) is 11.0. The Morgan fingerprint density at radius 1 is 1.00 bits per heavy atom. The molecule has 1 aliphatic heterocycles. The summed E-state index contributed by atoms with van der Waals surface area (Å²) in [6.07, 6.45) is 1.36. The third kappa shape index (κ3) is 3.29. The number of rotatable bonds is 3. The van der Waals surface area contributed by atoms with E-state index < -0.39 is 22.5 Å². The van der Waals surface area contributed by atoms with E-state index in [4.69, 9.17) is 0 Å². The smallest absolute Gasteiger partial charge is 0.269 e. The van der Waals surface area contributed by atoms with Crippen molar-refractivity contribution in [2.24, 2.45) is 0 Å². The average molecular weight is 334 g/mol. The van der Waals surface area contributed by atoms with Gasteiger partial charge in [-0.3, -0.25) is 13.9 Å². The topological polar surface area (TPSA) is 49.4 Å². The van der Waals surface area contributed by atoms with Gasteiger partial charge in [-0.1, -0.05) is 0 Å². The lowest BCUT2D eigenvalue weighted by Crippen LogP contribution is -2.24. The minimum atomic E-state index is -1.50. The second-order valence-corrected chi connectivity index (χ2v) is 6.23. The van der Waals surface area contributed by atoms with Gasteiger partial charge in [-0.2, -0.15) is 0 Å². The third-order valence-corrected chi connectivity index (χ3v) is 4.58. The molecule has 2 aromatic carbocycles. The molecule has 0 saturated carbocycles. The molecule has 1 amide bonds. The Balaban J connectivity index is 1.79. The summed E-state index contributed by atoms with van der Waals surface area (Å²) >= 11 is 0. The maximum atomic E-state index is 12.9. The van der Waals surface area contributed by atoms with Gasteiger partial charge >= 0.3 is 0 Å². The highest BCUT2D eigenvalue weighted by molar-refractivity contribution is 7.90. The zero-order valence-electron chi connectivity index (χ0n) is 11.8. The van der Waals surface area contributed by atoms with E-state index >= 15 is 0 Å². The summed E-state index contributed by atoms with van der Waals surface area (Å²) in [5.74, 6) is -1.17. The minimum Gasteiger partial charge on any atom is -0.360 e. The molecule has 0 bridgehead atoms. The van der Waals surface area contributed by atoms with Crippen LogP contribution < -0.4 is 10.2 Å².